The van der Waals surface area contributed by atoms with Gasteiger partial charge in [-0.15, -0.1) is 0 Å². The van der Waals surface area contributed by atoms with E-state index in [0.29, 0.717) is 39.4 Å². The van der Waals surface area contributed by atoms with Crippen LogP contribution in [0.2, 0.25) is 0 Å². The molecule has 0 saturated carbocycles. The predicted octanol–water partition coefficient (Wildman–Crippen LogP) is -0.103. The van der Waals surface area contributed by atoms with Crippen molar-refractivity contribution in [2.24, 2.45) is 16.8 Å². The van der Waals surface area contributed by atoms with Crippen molar-refractivity contribution in [3.63, 3.8) is 0 Å². The summed E-state index contributed by atoms with van der Waals surface area (Å²) in [6, 6.07) is 0.0799. The number of nitrogens with two attached hydrogens (primary N) is 1. The summed E-state index contributed by atoms with van der Waals surface area (Å²) < 4.78 is 5.23. The Morgan fingerprint density at radius 1 is 1.17 bits per heavy atom. The van der Waals surface area contributed by atoms with Crippen molar-refractivity contribution in [2.45, 2.75) is 12.8 Å². The van der Waals surface area contributed by atoms with E-state index >= 15 is 0 Å². The number of urea groups is 1. The lowest BCUT2D eigenvalue weighted by Gasteiger charge is -2.36. The van der Waals surface area contributed by atoms with E-state index in [9.17, 15) is 4.79 Å². The number of nitrogens with zero attached hydrogens (tertiary/aromatic N) is 3. The Morgan fingerprint density at radius 3 is 2.28 bits per heavy atom. The molecule has 0 radical (unpaired) electrons. The summed E-state index contributed by atoms with van der Waals surface area (Å²) >= 11 is 0. The zero-order chi connectivity index (χ0) is 13.0. The molecule has 0 spiro atoms. The van der Waals surface area contributed by atoms with Crippen molar-refractivity contribution >= 4 is 11.9 Å². The highest BCUT2D eigenvalue weighted by Crippen LogP contribution is 2.18. The number of rotatable bonds is 1. The van der Waals surface area contributed by atoms with Crippen molar-refractivity contribution in [3.8, 4) is 0 Å². The number of hydrogen-bond donors (Lipinski definition) is 2. The van der Waals surface area contributed by atoms with Crippen LogP contribution in [-0.4, -0.2) is 66.3 Å². The van der Waals surface area contributed by atoms with Crippen molar-refractivity contribution in [3.05, 3.63) is 0 Å². The molecular formula is C11H20N4O3. The zero-order valence-corrected chi connectivity index (χ0v) is 10.4. The maximum atomic E-state index is 12.2. The van der Waals surface area contributed by atoms with Gasteiger partial charge in [-0.3, -0.25) is 0 Å². The van der Waals surface area contributed by atoms with Gasteiger partial charge in [0.1, 0.15) is 5.84 Å². The molecule has 0 aromatic carbocycles. The molecule has 18 heavy (non-hydrogen) atoms. The molecule has 102 valence electrons. The highest BCUT2D eigenvalue weighted by atomic mass is 16.5. The van der Waals surface area contributed by atoms with E-state index in [0.717, 1.165) is 12.8 Å². The van der Waals surface area contributed by atoms with E-state index in [2.05, 4.69) is 5.16 Å². The van der Waals surface area contributed by atoms with Crippen molar-refractivity contribution < 1.29 is 14.7 Å². The molecule has 3 N–H and O–H groups in total. The number of amidine groups is 1. The van der Waals surface area contributed by atoms with E-state index < -0.39 is 0 Å². The van der Waals surface area contributed by atoms with Crippen LogP contribution in [0.3, 0.4) is 0 Å². The number of amides is 2. The molecule has 2 heterocycles. The Labute approximate surface area is 106 Å². The number of ether oxygens (including phenoxy) is 1. The molecule has 0 atom stereocenters. The van der Waals surface area contributed by atoms with Gasteiger partial charge in [-0.05, 0) is 12.8 Å². The van der Waals surface area contributed by atoms with Gasteiger partial charge in [0, 0.05) is 32.1 Å². The Morgan fingerprint density at radius 2 is 1.72 bits per heavy atom. The summed E-state index contributed by atoms with van der Waals surface area (Å²) in [4.78, 5) is 15.9. The van der Waals surface area contributed by atoms with Crippen LogP contribution in [0, 0.1) is 5.92 Å². The maximum Gasteiger partial charge on any atom is 0.320 e. The summed E-state index contributed by atoms with van der Waals surface area (Å²) in [5.41, 5.74) is 5.58. The third-order valence-corrected chi connectivity index (χ3v) is 3.58. The first-order valence-corrected chi connectivity index (χ1v) is 6.31. The smallest absolute Gasteiger partial charge is 0.320 e. The second-order valence-electron chi connectivity index (χ2n) is 4.67. The van der Waals surface area contributed by atoms with Crippen LogP contribution < -0.4 is 5.73 Å². The minimum absolute atomic E-state index is 0.0799. The topological polar surface area (TPSA) is 91.4 Å². The molecule has 2 rings (SSSR count). The Kier molecular flexibility index (Phi) is 4.24. The summed E-state index contributed by atoms with van der Waals surface area (Å²) in [6.45, 7) is 3.89. The number of carbonyl (C=O) groups excluding carboxylic acids is 1. The monoisotopic (exact) mass is 256 g/mol. The molecule has 0 unspecified atom stereocenters. The maximum absolute atomic E-state index is 12.2. The molecule has 7 heteroatoms. The normalized spacial score (nSPS) is 23.2. The van der Waals surface area contributed by atoms with E-state index in [1.165, 1.54) is 0 Å². The lowest BCUT2D eigenvalue weighted by molar-refractivity contribution is 0.0409. The molecule has 2 saturated heterocycles. The van der Waals surface area contributed by atoms with Crippen LogP contribution in [0.15, 0.2) is 5.16 Å². The third-order valence-electron chi connectivity index (χ3n) is 3.58. The number of oxime groups is 1. The van der Waals surface area contributed by atoms with Crippen LogP contribution in [0.5, 0.6) is 0 Å². The van der Waals surface area contributed by atoms with Crippen LogP contribution in [0.1, 0.15) is 12.8 Å². The number of piperidine rings is 1. The number of morpholine rings is 1. The summed E-state index contributed by atoms with van der Waals surface area (Å²) in [5, 5.41) is 11.7. The van der Waals surface area contributed by atoms with Gasteiger partial charge >= 0.3 is 6.03 Å². The average molecular weight is 256 g/mol. The molecule has 0 aromatic heterocycles. The van der Waals surface area contributed by atoms with Crippen LogP contribution in [-0.2, 0) is 4.74 Å². The third kappa shape index (κ3) is 2.84. The van der Waals surface area contributed by atoms with Gasteiger partial charge in [0.2, 0.25) is 0 Å². The van der Waals surface area contributed by atoms with Gasteiger partial charge in [0.15, 0.2) is 0 Å². The zero-order valence-electron chi connectivity index (χ0n) is 10.4. The molecule has 2 fully saturated rings. The van der Waals surface area contributed by atoms with E-state index in [4.69, 9.17) is 15.7 Å². The highest BCUT2D eigenvalue weighted by Gasteiger charge is 2.28. The molecule has 0 bridgehead atoms. The fourth-order valence-electron chi connectivity index (χ4n) is 2.40. The predicted molar refractivity (Wildman–Crippen MR) is 65.5 cm³/mol. The van der Waals surface area contributed by atoms with E-state index in [1.807, 2.05) is 9.80 Å². The summed E-state index contributed by atoms with van der Waals surface area (Å²) in [6.07, 6.45) is 1.51. The second kappa shape index (κ2) is 5.90. The lowest BCUT2D eigenvalue weighted by Crippen LogP contribution is -2.51. The first-order valence-electron chi connectivity index (χ1n) is 6.31. The van der Waals surface area contributed by atoms with Crippen LogP contribution in [0.25, 0.3) is 0 Å². The molecule has 0 aromatic rings. The minimum atomic E-state index is 0.0799. The molecule has 2 aliphatic rings. The van der Waals surface area contributed by atoms with E-state index in [1.54, 1.807) is 0 Å². The number of carbonyl (C=O) groups is 1. The SMILES string of the molecule is NC(=NO)C1CCN(C(=O)N2CCOCC2)CC1. The molecule has 7 nitrogen and oxygen atoms in total. The summed E-state index contributed by atoms with van der Waals surface area (Å²) in [7, 11) is 0. The van der Waals surface area contributed by atoms with Gasteiger partial charge in [-0.2, -0.15) is 0 Å². The Hall–Kier alpha value is -1.50. The van der Waals surface area contributed by atoms with Crippen molar-refractivity contribution in [2.75, 3.05) is 39.4 Å². The first kappa shape index (κ1) is 12.9. The fraction of sp³-hybridized carbons (Fsp3) is 0.818. The van der Waals surface area contributed by atoms with E-state index in [-0.39, 0.29) is 17.8 Å². The molecule has 2 amide bonds. The first-order chi connectivity index (χ1) is 8.72. The van der Waals surface area contributed by atoms with Gasteiger partial charge in [0.05, 0.1) is 13.2 Å². The lowest BCUT2D eigenvalue weighted by atomic mass is 9.96. The fourth-order valence-corrected chi connectivity index (χ4v) is 2.40. The largest absolute Gasteiger partial charge is 0.409 e. The van der Waals surface area contributed by atoms with Gasteiger partial charge in [-0.25, -0.2) is 4.79 Å². The Bertz CT molecular complexity index is 320. The standard InChI is InChI=1S/C11H20N4O3/c12-10(13-17)9-1-3-14(4-2-9)11(16)15-5-7-18-8-6-15/h9,17H,1-8H2,(H2,12,13). The second-order valence-corrected chi connectivity index (χ2v) is 4.67. The minimum Gasteiger partial charge on any atom is -0.409 e. The van der Waals surface area contributed by atoms with Gasteiger partial charge in [-0.1, -0.05) is 5.16 Å². The van der Waals surface area contributed by atoms with Crippen molar-refractivity contribution in [1.82, 2.24) is 9.80 Å². The van der Waals surface area contributed by atoms with Crippen molar-refractivity contribution in [1.29, 1.82) is 0 Å². The molecule has 0 aliphatic carbocycles. The average Bonchev–Trinajstić information content (AvgIpc) is 2.47. The molecule has 2 aliphatic heterocycles. The molecular weight excluding hydrogens is 236 g/mol. The van der Waals surface area contributed by atoms with Gasteiger partial charge < -0.3 is 25.5 Å². The summed E-state index contributed by atoms with van der Waals surface area (Å²) in [5.74, 6) is 0.359. The van der Waals surface area contributed by atoms with Crippen LogP contribution >= 0.6 is 0 Å². The Balaban J connectivity index is 1.83. The van der Waals surface area contributed by atoms with Gasteiger partial charge in [0.25, 0.3) is 0 Å². The number of hydrogen-bond acceptors (Lipinski definition) is 4. The quantitative estimate of drug-likeness (QED) is 0.296. The highest BCUT2D eigenvalue weighted by molar-refractivity contribution is 5.82. The van der Waals surface area contributed by atoms with Crippen LogP contribution in [0.4, 0.5) is 4.79 Å². The number of likely N-dealkylation sites (tertiary alicyclic amines) is 1.